The molecular formula is C36H42F9O6Yb. The standard InChI is InChI=1S/3C12H15F3O2.Yb/c3*1-10(2)6-4-5-11(10,3)8(16)7(6)9(17)12(13,14)15;/h3*6,17H,4-5H2,1-3H3;/q;;;+3/p-3/b3*9-7+;. The van der Waals surface area contributed by atoms with Crippen LogP contribution in [0.15, 0.2) is 34.0 Å². The summed E-state index contributed by atoms with van der Waals surface area (Å²) < 4.78 is 112. The van der Waals surface area contributed by atoms with E-state index in [4.69, 9.17) is 0 Å². The molecule has 0 aliphatic heterocycles. The summed E-state index contributed by atoms with van der Waals surface area (Å²) in [7, 11) is 0. The summed E-state index contributed by atoms with van der Waals surface area (Å²) in [6.45, 7) is 15.7. The number of ketones is 3. The van der Waals surface area contributed by atoms with Gasteiger partial charge in [0.2, 0.25) is 0 Å². The van der Waals surface area contributed by atoms with E-state index in [0.717, 1.165) is 0 Å². The van der Waals surface area contributed by atoms with E-state index >= 15 is 0 Å². The van der Waals surface area contributed by atoms with Gasteiger partial charge in [0.15, 0.2) is 17.3 Å². The van der Waals surface area contributed by atoms with E-state index in [-0.39, 0.29) is 46.9 Å². The van der Waals surface area contributed by atoms with E-state index in [1.165, 1.54) is 0 Å². The number of Topliss-reactive ketones (excluding diaryl/α,β-unsaturated/α-hetero) is 3. The van der Waals surface area contributed by atoms with Gasteiger partial charge in [0.05, 0.1) is 0 Å². The number of hydrogen-bond acceptors (Lipinski definition) is 6. The topological polar surface area (TPSA) is 120 Å². The zero-order valence-corrected chi connectivity index (χ0v) is 31.8. The van der Waals surface area contributed by atoms with E-state index in [2.05, 4.69) is 0 Å². The second-order valence-corrected chi connectivity index (χ2v) is 17.1. The molecule has 0 amide bonds. The SMILES string of the molecule is CC12CCC(/C(=C(\[O-])C(F)(F)F)C1=O)C2(C)C.CC12CCC(/C(=C(\[O-])C(F)(F)F)C1=O)C2(C)C.CC12CCC(/C(=C(\[O-])C(F)(F)F)C1=O)C2(C)C.[Yb+3]. The molecule has 6 aliphatic rings. The second kappa shape index (κ2) is 13.0. The first-order valence-corrected chi connectivity index (χ1v) is 16.7. The van der Waals surface area contributed by atoms with Gasteiger partial charge < -0.3 is 15.3 Å². The summed E-state index contributed by atoms with van der Waals surface area (Å²) in [6.07, 6.45) is -11.6. The third-order valence-electron chi connectivity index (χ3n) is 14.5. The number of hydrogen-bond donors (Lipinski definition) is 0. The van der Waals surface area contributed by atoms with Crippen molar-refractivity contribution in [1.82, 2.24) is 0 Å². The van der Waals surface area contributed by atoms with Crippen LogP contribution in [0.1, 0.15) is 101 Å². The maximum absolute atomic E-state index is 12.5. The van der Waals surface area contributed by atoms with Gasteiger partial charge in [0, 0.05) is 16.2 Å². The number of allylic oxidation sites excluding steroid dienone is 6. The van der Waals surface area contributed by atoms with Gasteiger partial charge >= 0.3 is 65.5 Å². The first kappa shape index (κ1) is 44.9. The number of halogens is 9. The smallest absolute Gasteiger partial charge is 0.869 e. The number of alkyl halides is 9. The normalized spacial score (nSPS) is 38.0. The van der Waals surface area contributed by atoms with Crippen molar-refractivity contribution in [3.63, 3.8) is 0 Å². The number of carbonyl (C=O) groups is 3. The van der Waals surface area contributed by atoms with Crippen molar-refractivity contribution in [2.24, 2.45) is 50.2 Å². The molecule has 16 heteroatoms. The van der Waals surface area contributed by atoms with Crippen LogP contribution in [0.25, 0.3) is 0 Å². The van der Waals surface area contributed by atoms with Gasteiger partial charge in [-0.05, 0) is 107 Å². The summed E-state index contributed by atoms with van der Waals surface area (Å²) >= 11 is 0. The van der Waals surface area contributed by atoms with Crippen molar-refractivity contribution in [2.75, 3.05) is 0 Å². The van der Waals surface area contributed by atoms with Crippen LogP contribution in [0.2, 0.25) is 0 Å². The molecule has 0 N–H and O–H groups in total. The Kier molecular flexibility index (Phi) is 11.3. The third kappa shape index (κ3) is 6.15. The van der Waals surface area contributed by atoms with Gasteiger partial charge in [-0.2, -0.15) is 39.5 Å². The maximum Gasteiger partial charge on any atom is 3.00 e. The van der Waals surface area contributed by atoms with Crippen molar-refractivity contribution in [3.05, 3.63) is 34.0 Å². The van der Waals surface area contributed by atoms with Crippen molar-refractivity contribution in [3.8, 4) is 0 Å². The van der Waals surface area contributed by atoms with Crippen LogP contribution in [0.3, 0.4) is 0 Å². The van der Waals surface area contributed by atoms with E-state index in [9.17, 15) is 69.2 Å². The predicted octanol–water partition coefficient (Wildman–Crippen LogP) is 6.56. The molecule has 6 saturated carbocycles. The van der Waals surface area contributed by atoms with Crippen LogP contribution < -0.4 is 15.3 Å². The quantitative estimate of drug-likeness (QED) is 0.154. The fraction of sp³-hybridized carbons (Fsp3) is 0.750. The largest absolute Gasteiger partial charge is 3.00 e. The van der Waals surface area contributed by atoms with Gasteiger partial charge in [0.25, 0.3) is 0 Å². The number of rotatable bonds is 0. The Hall–Kier alpha value is -1.48. The molecule has 6 atom stereocenters. The Balaban J connectivity index is 0.000000208. The van der Waals surface area contributed by atoms with Gasteiger partial charge in [-0.3, -0.25) is 14.4 Å². The van der Waals surface area contributed by atoms with E-state index in [0.29, 0.717) is 38.5 Å². The molecule has 1 radical (unpaired) electrons. The third-order valence-corrected chi connectivity index (χ3v) is 14.5. The van der Waals surface area contributed by atoms with Crippen molar-refractivity contribution < 1.29 is 116 Å². The average molecular weight is 915 g/mol. The molecule has 6 aliphatic carbocycles. The molecule has 6 unspecified atom stereocenters. The number of fused-ring (bicyclic) bond motifs is 6. The molecule has 6 rings (SSSR count). The molecule has 0 spiro atoms. The first-order chi connectivity index (χ1) is 22.6. The Morgan fingerprint density at radius 3 is 0.750 bits per heavy atom. The molecule has 0 saturated heterocycles. The molecule has 0 aromatic rings. The molecule has 6 bridgehead atoms. The van der Waals surface area contributed by atoms with E-state index in [1.807, 2.05) is 0 Å². The maximum atomic E-state index is 12.5. The first-order valence-electron chi connectivity index (χ1n) is 16.7. The minimum Gasteiger partial charge on any atom is -0.869 e. The van der Waals surface area contributed by atoms with Crippen LogP contribution >= 0.6 is 0 Å². The zero-order chi connectivity index (χ0) is 39.7. The molecule has 0 aromatic heterocycles. The van der Waals surface area contributed by atoms with Gasteiger partial charge in [-0.15, -0.1) is 0 Å². The molecular weight excluding hydrogens is 872 g/mol. The van der Waals surface area contributed by atoms with Crippen molar-refractivity contribution in [2.45, 2.75) is 119 Å². The fourth-order valence-electron chi connectivity index (χ4n) is 9.84. The Bertz CT molecular complexity index is 1460. The fourth-order valence-corrected chi connectivity index (χ4v) is 9.84. The molecule has 0 heterocycles. The summed E-state index contributed by atoms with van der Waals surface area (Å²) in [5, 5.41) is 33.9. The summed E-state index contributed by atoms with van der Waals surface area (Å²) in [5.41, 5.74) is -5.65. The van der Waals surface area contributed by atoms with Gasteiger partial charge in [-0.25, -0.2) is 0 Å². The zero-order valence-electron chi connectivity index (χ0n) is 30.1. The Labute approximate surface area is 335 Å². The molecule has 52 heavy (non-hydrogen) atoms. The van der Waals surface area contributed by atoms with Crippen LogP contribution in [0.4, 0.5) is 39.5 Å². The molecule has 6 nitrogen and oxygen atoms in total. The minimum atomic E-state index is -4.94. The minimum absolute atomic E-state index is 0. The summed E-state index contributed by atoms with van der Waals surface area (Å²) in [5.74, 6) is -9.25. The van der Waals surface area contributed by atoms with Gasteiger partial charge in [0.1, 0.15) is 0 Å². The second-order valence-electron chi connectivity index (χ2n) is 17.1. The summed E-state index contributed by atoms with van der Waals surface area (Å²) in [6, 6.07) is 0. The monoisotopic (exact) mass is 915 g/mol. The van der Waals surface area contributed by atoms with Crippen LogP contribution in [0.5, 0.6) is 0 Å². The molecule has 299 valence electrons. The average Bonchev–Trinajstić information content (AvgIpc) is 3.59. The van der Waals surface area contributed by atoms with Crippen molar-refractivity contribution >= 4 is 17.3 Å². The number of carbonyl (C=O) groups excluding carboxylic acids is 3. The van der Waals surface area contributed by atoms with Crippen LogP contribution in [-0.4, -0.2) is 35.9 Å². The molecule has 6 fully saturated rings. The predicted molar refractivity (Wildman–Crippen MR) is 158 cm³/mol. The Morgan fingerprint density at radius 1 is 0.462 bits per heavy atom. The Morgan fingerprint density at radius 2 is 0.635 bits per heavy atom. The van der Waals surface area contributed by atoms with E-state index < -0.39 is 120 Å². The van der Waals surface area contributed by atoms with Gasteiger partial charge in [-0.1, -0.05) is 62.3 Å². The van der Waals surface area contributed by atoms with Crippen LogP contribution in [0, 0.1) is 97.2 Å². The van der Waals surface area contributed by atoms with E-state index in [1.54, 1.807) is 62.3 Å². The summed E-state index contributed by atoms with van der Waals surface area (Å²) in [4.78, 5) is 36.1. The molecule has 0 aromatic carbocycles. The van der Waals surface area contributed by atoms with Crippen molar-refractivity contribution in [1.29, 1.82) is 0 Å². The van der Waals surface area contributed by atoms with Crippen LogP contribution in [-0.2, 0) is 14.4 Å².